The quantitative estimate of drug-likeness (QED) is 0.801. The van der Waals surface area contributed by atoms with E-state index < -0.39 is 5.41 Å². The van der Waals surface area contributed by atoms with Gasteiger partial charge in [-0.15, -0.1) is 0 Å². The molecule has 3 rings (SSSR count). The third-order valence-corrected chi connectivity index (χ3v) is 4.41. The highest BCUT2D eigenvalue weighted by Gasteiger charge is 2.52. The Kier molecular flexibility index (Phi) is 2.39. The first-order chi connectivity index (χ1) is 8.59. The first-order valence-electron chi connectivity index (χ1n) is 6.34. The molecule has 0 saturated carbocycles. The van der Waals surface area contributed by atoms with Gasteiger partial charge in [0.2, 0.25) is 0 Å². The maximum atomic E-state index is 9.42. The van der Waals surface area contributed by atoms with Gasteiger partial charge in [0, 0.05) is 6.42 Å². The van der Waals surface area contributed by atoms with E-state index in [0.717, 1.165) is 18.8 Å². The molecular formula is C15H17NO2. The Morgan fingerprint density at radius 3 is 2.72 bits per heavy atom. The van der Waals surface area contributed by atoms with Crippen LogP contribution in [-0.4, -0.2) is 19.8 Å². The van der Waals surface area contributed by atoms with Crippen LogP contribution in [0.3, 0.4) is 0 Å². The van der Waals surface area contributed by atoms with E-state index in [4.69, 9.17) is 9.47 Å². The van der Waals surface area contributed by atoms with Gasteiger partial charge in [0.1, 0.15) is 5.75 Å². The number of nitrogens with zero attached hydrogens (tertiary/aromatic N) is 1. The van der Waals surface area contributed by atoms with E-state index in [9.17, 15) is 5.26 Å². The molecule has 2 heterocycles. The van der Waals surface area contributed by atoms with Crippen molar-refractivity contribution in [2.24, 2.45) is 5.41 Å². The second-order valence-corrected chi connectivity index (χ2v) is 5.73. The topological polar surface area (TPSA) is 42.2 Å². The summed E-state index contributed by atoms with van der Waals surface area (Å²) in [6.45, 7) is 6.03. The lowest BCUT2D eigenvalue weighted by Gasteiger charge is -2.49. The fourth-order valence-electron chi connectivity index (χ4n) is 2.79. The molecule has 3 heteroatoms. The molecule has 0 amide bonds. The highest BCUT2D eigenvalue weighted by atomic mass is 16.5. The van der Waals surface area contributed by atoms with Crippen LogP contribution in [0.4, 0.5) is 0 Å². The van der Waals surface area contributed by atoms with E-state index in [1.165, 1.54) is 11.1 Å². The highest BCUT2D eigenvalue weighted by Crippen LogP contribution is 2.48. The van der Waals surface area contributed by atoms with Crippen molar-refractivity contribution in [2.75, 3.05) is 19.8 Å². The van der Waals surface area contributed by atoms with Crippen LogP contribution in [0.15, 0.2) is 18.2 Å². The fourth-order valence-corrected chi connectivity index (χ4v) is 2.79. The number of fused-ring (bicyclic) bond motifs is 1. The molecule has 1 saturated heterocycles. The molecule has 1 aromatic rings. The summed E-state index contributed by atoms with van der Waals surface area (Å²) in [5.74, 6) is 0.990. The summed E-state index contributed by atoms with van der Waals surface area (Å²) < 4.78 is 11.0. The molecule has 0 unspecified atom stereocenters. The van der Waals surface area contributed by atoms with Crippen molar-refractivity contribution in [3.8, 4) is 11.8 Å². The van der Waals surface area contributed by atoms with Crippen LogP contribution in [0.1, 0.15) is 25.0 Å². The van der Waals surface area contributed by atoms with Crippen molar-refractivity contribution in [3.63, 3.8) is 0 Å². The molecular weight excluding hydrogens is 226 g/mol. The Labute approximate surface area is 107 Å². The summed E-state index contributed by atoms with van der Waals surface area (Å²) in [6, 6.07) is 8.76. The first kappa shape index (κ1) is 11.6. The van der Waals surface area contributed by atoms with Crippen LogP contribution in [-0.2, 0) is 16.6 Å². The van der Waals surface area contributed by atoms with Crippen LogP contribution in [0.5, 0.6) is 5.75 Å². The lowest BCUT2D eigenvalue weighted by atomic mass is 9.61. The number of rotatable bonds is 2. The highest BCUT2D eigenvalue weighted by molar-refractivity contribution is 5.45. The first-order valence-corrected chi connectivity index (χ1v) is 6.34. The van der Waals surface area contributed by atoms with Crippen molar-refractivity contribution in [3.05, 3.63) is 29.3 Å². The van der Waals surface area contributed by atoms with Gasteiger partial charge in [-0.05, 0) is 31.0 Å². The minimum atomic E-state index is -0.418. The van der Waals surface area contributed by atoms with Gasteiger partial charge in [0.15, 0.2) is 0 Å². The van der Waals surface area contributed by atoms with Crippen LogP contribution in [0.2, 0.25) is 0 Å². The monoisotopic (exact) mass is 243 g/mol. The Hall–Kier alpha value is -1.53. The second kappa shape index (κ2) is 3.73. The molecule has 3 nitrogen and oxygen atoms in total. The molecule has 2 aliphatic heterocycles. The van der Waals surface area contributed by atoms with Crippen LogP contribution >= 0.6 is 0 Å². The maximum absolute atomic E-state index is 9.42. The molecule has 94 valence electrons. The summed E-state index contributed by atoms with van der Waals surface area (Å²) in [5, 5.41) is 9.42. The summed E-state index contributed by atoms with van der Waals surface area (Å²) in [6.07, 6.45) is 0.965. The zero-order valence-electron chi connectivity index (χ0n) is 10.8. The van der Waals surface area contributed by atoms with Crippen LogP contribution in [0, 0.1) is 16.7 Å². The Morgan fingerprint density at radius 1 is 1.33 bits per heavy atom. The van der Waals surface area contributed by atoms with Crippen LogP contribution in [0.25, 0.3) is 0 Å². The molecule has 0 aliphatic carbocycles. The summed E-state index contributed by atoms with van der Waals surface area (Å²) >= 11 is 0. The zero-order valence-corrected chi connectivity index (χ0v) is 10.8. The van der Waals surface area contributed by atoms with Gasteiger partial charge >= 0.3 is 0 Å². The van der Waals surface area contributed by atoms with Gasteiger partial charge in [0.05, 0.1) is 36.7 Å². The molecule has 0 spiro atoms. The van der Waals surface area contributed by atoms with E-state index in [2.05, 4.69) is 18.2 Å². The third-order valence-electron chi connectivity index (χ3n) is 4.41. The maximum Gasteiger partial charge on any atom is 0.122 e. The van der Waals surface area contributed by atoms with Crippen molar-refractivity contribution < 1.29 is 9.47 Å². The standard InChI is InChI=1S/C15H17NO2/c1-14(2,8-16)15(9-17-10-15)12-3-4-13-11(7-12)5-6-18-13/h3-4,7H,5-6,9-10H2,1-2H3. The lowest BCUT2D eigenvalue weighted by molar-refractivity contribution is -0.102. The molecule has 2 aliphatic rings. The average Bonchev–Trinajstić information content (AvgIpc) is 2.74. The van der Waals surface area contributed by atoms with E-state index >= 15 is 0 Å². The van der Waals surface area contributed by atoms with E-state index in [0.29, 0.717) is 13.2 Å². The fraction of sp³-hybridized carbons (Fsp3) is 0.533. The van der Waals surface area contributed by atoms with Gasteiger partial charge < -0.3 is 9.47 Å². The predicted octanol–water partition coefficient (Wildman–Crippen LogP) is 2.44. The smallest absolute Gasteiger partial charge is 0.122 e. The normalized spacial score (nSPS) is 20.5. The van der Waals surface area contributed by atoms with Gasteiger partial charge in [-0.1, -0.05) is 12.1 Å². The van der Waals surface area contributed by atoms with Crippen molar-refractivity contribution in [1.29, 1.82) is 5.26 Å². The molecule has 0 bridgehead atoms. The summed E-state index contributed by atoms with van der Waals surface area (Å²) in [7, 11) is 0. The molecule has 18 heavy (non-hydrogen) atoms. The van der Waals surface area contributed by atoms with E-state index in [1.807, 2.05) is 19.9 Å². The SMILES string of the molecule is CC(C)(C#N)C1(c2ccc3c(c2)CCO3)COC1. The van der Waals surface area contributed by atoms with E-state index in [-0.39, 0.29) is 5.41 Å². The number of hydrogen-bond acceptors (Lipinski definition) is 3. The lowest BCUT2D eigenvalue weighted by Crippen LogP contribution is -2.56. The van der Waals surface area contributed by atoms with Crippen molar-refractivity contribution >= 4 is 0 Å². The molecule has 0 N–H and O–H groups in total. The van der Waals surface area contributed by atoms with Crippen LogP contribution < -0.4 is 4.74 Å². The number of hydrogen-bond donors (Lipinski definition) is 0. The third kappa shape index (κ3) is 1.39. The Bertz CT molecular complexity index is 524. The molecule has 1 aromatic carbocycles. The van der Waals surface area contributed by atoms with E-state index in [1.54, 1.807) is 0 Å². The molecule has 0 atom stereocenters. The molecule has 1 fully saturated rings. The molecule has 0 aromatic heterocycles. The Balaban J connectivity index is 2.06. The number of ether oxygens (including phenoxy) is 2. The van der Waals surface area contributed by atoms with Gasteiger partial charge in [-0.2, -0.15) is 5.26 Å². The van der Waals surface area contributed by atoms with Gasteiger partial charge in [-0.25, -0.2) is 0 Å². The summed E-state index contributed by atoms with van der Waals surface area (Å²) in [5.41, 5.74) is 1.88. The Morgan fingerprint density at radius 2 is 2.11 bits per heavy atom. The minimum Gasteiger partial charge on any atom is -0.493 e. The van der Waals surface area contributed by atoms with Crippen molar-refractivity contribution in [1.82, 2.24) is 0 Å². The van der Waals surface area contributed by atoms with Crippen molar-refractivity contribution in [2.45, 2.75) is 25.7 Å². The largest absolute Gasteiger partial charge is 0.493 e. The van der Waals surface area contributed by atoms with Gasteiger partial charge in [-0.3, -0.25) is 0 Å². The predicted molar refractivity (Wildman–Crippen MR) is 67.5 cm³/mol. The van der Waals surface area contributed by atoms with Gasteiger partial charge in [0.25, 0.3) is 0 Å². The number of nitriles is 1. The minimum absolute atomic E-state index is 0.167. The second-order valence-electron chi connectivity index (χ2n) is 5.73. The zero-order chi connectivity index (χ0) is 12.8. The number of benzene rings is 1. The average molecular weight is 243 g/mol. The summed E-state index contributed by atoms with van der Waals surface area (Å²) in [4.78, 5) is 0. The molecule has 0 radical (unpaired) electrons.